The number of hydrogen-bond donors (Lipinski definition) is 6. The molecule has 15 heteroatoms. The second-order valence-corrected chi connectivity index (χ2v) is 17.0. The smallest absolute Gasteiger partial charge is 0.326 e. The zero-order valence-electron chi connectivity index (χ0n) is 35.5. The van der Waals surface area contributed by atoms with Gasteiger partial charge >= 0.3 is 5.97 Å². The Morgan fingerprint density at radius 3 is 1.81 bits per heavy atom. The Morgan fingerprint density at radius 1 is 0.672 bits per heavy atom. The Bertz CT molecular complexity index is 2360. The Hall–Kier alpha value is -7.10. The van der Waals surface area contributed by atoms with Gasteiger partial charge in [-0.2, -0.15) is 0 Å². The van der Waals surface area contributed by atoms with E-state index < -0.39 is 66.7 Å². The van der Waals surface area contributed by atoms with E-state index in [0.717, 1.165) is 16.7 Å². The number of amides is 5. The van der Waals surface area contributed by atoms with Crippen LogP contribution in [-0.2, 0) is 48.0 Å². The average molecular weight is 902 g/mol. The predicted molar refractivity (Wildman–Crippen MR) is 249 cm³/mol. The van der Waals surface area contributed by atoms with Crippen LogP contribution in [0.15, 0.2) is 144 Å². The largest absolute Gasteiger partial charge is 0.484 e. The summed E-state index contributed by atoms with van der Waals surface area (Å²) in [7, 11) is 0. The van der Waals surface area contributed by atoms with E-state index in [-0.39, 0.29) is 25.9 Å². The molecule has 13 nitrogen and oxygen atoms in total. The average Bonchev–Trinajstić information content (AvgIpc) is 4.00. The van der Waals surface area contributed by atoms with Crippen molar-refractivity contribution in [2.75, 3.05) is 19.7 Å². The summed E-state index contributed by atoms with van der Waals surface area (Å²) in [6.07, 6.45) is 0.0598. The lowest BCUT2D eigenvalue weighted by atomic mass is 10.00. The fraction of sp³-hybridized carbons (Fsp3) is 0.224. The lowest BCUT2D eigenvalue weighted by Gasteiger charge is -2.22. The van der Waals surface area contributed by atoms with Gasteiger partial charge in [-0.25, -0.2) is 4.79 Å². The molecule has 8 rings (SSSR count). The first-order valence-corrected chi connectivity index (χ1v) is 22.2. The number of fused-ring (bicyclic) bond motifs is 16. The van der Waals surface area contributed by atoms with Crippen molar-refractivity contribution in [2.45, 2.75) is 51.2 Å². The SMILES string of the molecule is Cc1cccs1.Cc1cccs1.O=C1COc2ccc(cc2)C[C@@H](C(=O)N[C@H](Cc2ccccc2)C(=O)O)NC(=O)CNC(=O)[C@@H](Cc2ccc(-c3ccccc3)cc2)NC(=O)CN1. The Balaban J connectivity index is 0.000000552. The van der Waals surface area contributed by atoms with Crippen molar-refractivity contribution in [3.05, 3.63) is 171 Å². The lowest BCUT2D eigenvalue weighted by molar-refractivity contribution is -0.142. The number of benzene rings is 4. The van der Waals surface area contributed by atoms with Gasteiger partial charge in [-0.15, -0.1) is 22.7 Å². The summed E-state index contributed by atoms with van der Waals surface area (Å²) in [5, 5.41) is 26.8. The molecule has 2 bridgehead atoms. The highest BCUT2D eigenvalue weighted by Gasteiger charge is 2.28. The van der Waals surface area contributed by atoms with Crippen LogP contribution in [0.3, 0.4) is 0 Å². The van der Waals surface area contributed by atoms with E-state index in [4.69, 9.17) is 4.74 Å². The first-order chi connectivity index (χ1) is 30.9. The number of rotatable bonds is 8. The lowest BCUT2D eigenvalue weighted by Crippen LogP contribution is -2.55. The summed E-state index contributed by atoms with van der Waals surface area (Å²) in [6, 6.07) is 37.1. The molecule has 64 heavy (non-hydrogen) atoms. The van der Waals surface area contributed by atoms with E-state index in [1.165, 1.54) is 9.75 Å². The Morgan fingerprint density at radius 2 is 1.25 bits per heavy atom. The molecule has 0 spiro atoms. The summed E-state index contributed by atoms with van der Waals surface area (Å²) in [6.45, 7) is 2.85. The minimum absolute atomic E-state index is 0.0142. The quantitative estimate of drug-likeness (QED) is 0.106. The number of nitrogens with one attached hydrogen (secondary N) is 5. The van der Waals surface area contributed by atoms with E-state index in [1.54, 1.807) is 77.3 Å². The highest BCUT2D eigenvalue weighted by atomic mass is 32.1. The molecule has 0 saturated heterocycles. The monoisotopic (exact) mass is 901 g/mol. The van der Waals surface area contributed by atoms with Gasteiger partial charge in [0.25, 0.3) is 5.91 Å². The van der Waals surface area contributed by atoms with Crippen molar-refractivity contribution in [1.82, 2.24) is 26.6 Å². The van der Waals surface area contributed by atoms with Gasteiger partial charge in [-0.3, -0.25) is 24.0 Å². The molecular weight excluding hydrogens is 851 g/mol. The second-order valence-electron chi connectivity index (χ2n) is 14.7. The molecule has 5 amide bonds. The van der Waals surface area contributed by atoms with Gasteiger partial charge in [-0.05, 0) is 76.7 Å². The van der Waals surface area contributed by atoms with Gasteiger partial charge in [0.2, 0.25) is 23.6 Å². The predicted octanol–water partition coefficient (Wildman–Crippen LogP) is 5.66. The standard InChI is InChI=1S/C39H39N5O8.2C5H6S/c45-34-22-40-36(47)24-52-30-17-13-27(14-18-30)20-32(38(49)44-33(39(50)51)21-25-7-3-1-4-8-25)43-35(46)23-41-37(48)31(42-34)19-26-11-15-29(16-12-26)28-9-5-2-6-10-28;2*1-5-3-2-4-6-5/h1-18,31-33H,19-24H2,(H,40,47)(H,41,48)(H,42,45)(H,43,46)(H,44,49)(H,50,51);2*2-4H,1H3/t31-,32+,33-;;/m1../s1. The van der Waals surface area contributed by atoms with E-state index in [2.05, 4.69) is 75.5 Å². The summed E-state index contributed by atoms with van der Waals surface area (Å²) < 4.78 is 5.54. The number of ether oxygens (including phenoxy) is 1. The Labute approximate surface area is 380 Å². The first-order valence-electron chi connectivity index (χ1n) is 20.5. The molecule has 332 valence electrons. The van der Waals surface area contributed by atoms with Gasteiger partial charge < -0.3 is 36.4 Å². The molecule has 2 aromatic heterocycles. The third-order valence-electron chi connectivity index (χ3n) is 9.63. The molecule has 0 saturated carbocycles. The van der Waals surface area contributed by atoms with Crippen LogP contribution in [0.25, 0.3) is 11.1 Å². The molecule has 6 N–H and O–H groups in total. The Kier molecular flexibility index (Phi) is 18.8. The van der Waals surface area contributed by atoms with Crippen LogP contribution in [0.4, 0.5) is 0 Å². The fourth-order valence-electron chi connectivity index (χ4n) is 6.28. The van der Waals surface area contributed by atoms with Gasteiger partial charge in [0.15, 0.2) is 6.61 Å². The summed E-state index contributed by atoms with van der Waals surface area (Å²) in [4.78, 5) is 80.4. The number of thiophene rings is 2. The van der Waals surface area contributed by atoms with Gasteiger partial charge in [0, 0.05) is 29.0 Å². The summed E-state index contributed by atoms with van der Waals surface area (Å²) in [5.74, 6) is -4.24. The van der Waals surface area contributed by atoms with Crippen LogP contribution in [0.2, 0.25) is 0 Å². The molecule has 3 atom stereocenters. The van der Waals surface area contributed by atoms with Crippen LogP contribution in [-0.4, -0.2) is 78.4 Å². The number of carboxylic acids is 1. The van der Waals surface area contributed by atoms with E-state index in [0.29, 0.717) is 16.9 Å². The molecule has 2 aliphatic rings. The molecule has 0 fully saturated rings. The van der Waals surface area contributed by atoms with Crippen LogP contribution >= 0.6 is 22.7 Å². The van der Waals surface area contributed by atoms with Crippen LogP contribution in [0, 0.1) is 13.8 Å². The number of hydrogen-bond acceptors (Lipinski definition) is 9. The molecule has 4 heterocycles. The minimum atomic E-state index is -1.28. The zero-order valence-corrected chi connectivity index (χ0v) is 37.1. The maximum Gasteiger partial charge on any atom is 0.326 e. The normalized spacial score (nSPS) is 16.1. The van der Waals surface area contributed by atoms with Crippen molar-refractivity contribution >= 4 is 58.2 Å². The second kappa shape index (κ2) is 25.1. The van der Waals surface area contributed by atoms with Crippen LogP contribution < -0.4 is 31.3 Å². The van der Waals surface area contributed by atoms with Gasteiger partial charge in [-0.1, -0.05) is 109 Å². The van der Waals surface area contributed by atoms with Crippen molar-refractivity contribution in [3.63, 3.8) is 0 Å². The van der Waals surface area contributed by atoms with E-state index >= 15 is 0 Å². The molecule has 0 aliphatic carbocycles. The number of aliphatic carboxylic acids is 1. The van der Waals surface area contributed by atoms with Crippen molar-refractivity contribution < 1.29 is 38.6 Å². The van der Waals surface area contributed by atoms with E-state index in [9.17, 15) is 33.9 Å². The fourth-order valence-corrected chi connectivity index (χ4v) is 7.34. The molecule has 6 aromatic rings. The molecule has 0 unspecified atom stereocenters. The number of carbonyl (C=O) groups excluding carboxylic acids is 5. The maximum atomic E-state index is 13.5. The maximum absolute atomic E-state index is 13.5. The molecule has 2 aliphatic heterocycles. The van der Waals surface area contributed by atoms with Gasteiger partial charge in [0.1, 0.15) is 23.9 Å². The number of carbonyl (C=O) groups is 6. The third-order valence-corrected chi connectivity index (χ3v) is 11.2. The van der Waals surface area contributed by atoms with E-state index in [1.807, 2.05) is 54.6 Å². The first kappa shape index (κ1) is 47.9. The zero-order chi connectivity index (χ0) is 45.7. The molecule has 0 radical (unpaired) electrons. The van der Waals surface area contributed by atoms with Crippen LogP contribution in [0.5, 0.6) is 5.75 Å². The highest BCUT2D eigenvalue weighted by Crippen LogP contribution is 2.20. The summed E-state index contributed by atoms with van der Waals surface area (Å²) >= 11 is 3.56. The van der Waals surface area contributed by atoms with Gasteiger partial charge in [0.05, 0.1) is 13.1 Å². The third kappa shape index (κ3) is 16.6. The molecule has 4 aromatic carbocycles. The minimum Gasteiger partial charge on any atom is -0.484 e. The van der Waals surface area contributed by atoms with Crippen molar-refractivity contribution in [1.29, 1.82) is 0 Å². The highest BCUT2D eigenvalue weighted by molar-refractivity contribution is 7.10. The van der Waals surface area contributed by atoms with Crippen molar-refractivity contribution in [2.24, 2.45) is 0 Å². The topological polar surface area (TPSA) is 192 Å². The molecular formula is C49H51N5O8S2. The number of aryl methyl sites for hydroxylation is 2. The summed E-state index contributed by atoms with van der Waals surface area (Å²) in [5.41, 5.74) is 3.99. The van der Waals surface area contributed by atoms with Crippen molar-refractivity contribution in [3.8, 4) is 16.9 Å². The van der Waals surface area contributed by atoms with Crippen LogP contribution in [0.1, 0.15) is 26.4 Å². The number of carboxylic acid groups (broad SMARTS) is 1.